The fourth-order valence-corrected chi connectivity index (χ4v) is 1.53. The van der Waals surface area contributed by atoms with E-state index in [0.717, 1.165) is 12.8 Å². The molecule has 3 nitrogen and oxygen atoms in total. The van der Waals surface area contributed by atoms with Crippen molar-refractivity contribution in [3.8, 4) is 0 Å². The predicted molar refractivity (Wildman–Crippen MR) is 44.9 cm³/mol. The normalized spacial score (nSPS) is 29.2. The summed E-state index contributed by atoms with van der Waals surface area (Å²) in [4.78, 5) is 15.3. The van der Waals surface area contributed by atoms with Crippen LogP contribution >= 0.6 is 0 Å². The zero-order chi connectivity index (χ0) is 8.55. The van der Waals surface area contributed by atoms with Gasteiger partial charge in [-0.25, -0.2) is 9.79 Å². The summed E-state index contributed by atoms with van der Waals surface area (Å²) in [6.07, 6.45) is 4.91. The van der Waals surface area contributed by atoms with Crippen LogP contribution in [0.1, 0.15) is 19.3 Å². The third kappa shape index (κ3) is 1.05. The van der Waals surface area contributed by atoms with Crippen LogP contribution in [-0.4, -0.2) is 17.9 Å². The number of ether oxygens (including phenoxy) is 1. The van der Waals surface area contributed by atoms with Gasteiger partial charge in [0, 0.05) is 0 Å². The molecule has 1 unspecified atom stereocenters. The summed E-state index contributed by atoms with van der Waals surface area (Å²) in [5, 5.41) is 0. The Morgan fingerprint density at radius 1 is 1.58 bits per heavy atom. The lowest BCUT2D eigenvalue weighted by Gasteiger charge is -2.26. The standard InChI is InChI=1S/C9H11NO2/c1-2-7-10-8(9(11)12-7)6-4-3-5-6/h2,6,8H,1,3-5H2. The van der Waals surface area contributed by atoms with Gasteiger partial charge in [-0.05, 0) is 24.8 Å². The molecule has 1 aliphatic heterocycles. The van der Waals surface area contributed by atoms with Crippen molar-refractivity contribution in [2.24, 2.45) is 10.9 Å². The Labute approximate surface area is 71.1 Å². The number of carbonyl (C=O) groups is 1. The molecule has 1 heterocycles. The van der Waals surface area contributed by atoms with Gasteiger partial charge in [-0.15, -0.1) is 0 Å². The Balaban J connectivity index is 2.09. The van der Waals surface area contributed by atoms with E-state index in [-0.39, 0.29) is 12.0 Å². The Bertz CT molecular complexity index is 253. The number of hydrogen-bond acceptors (Lipinski definition) is 3. The lowest BCUT2D eigenvalue weighted by atomic mass is 9.80. The van der Waals surface area contributed by atoms with E-state index in [9.17, 15) is 4.79 Å². The van der Waals surface area contributed by atoms with Gasteiger partial charge in [0.15, 0.2) is 6.04 Å². The largest absolute Gasteiger partial charge is 0.406 e. The zero-order valence-corrected chi connectivity index (χ0v) is 6.82. The van der Waals surface area contributed by atoms with Crippen LogP contribution < -0.4 is 0 Å². The number of rotatable bonds is 2. The first-order chi connectivity index (χ1) is 5.81. The first kappa shape index (κ1) is 7.53. The minimum Gasteiger partial charge on any atom is -0.406 e. The van der Waals surface area contributed by atoms with Crippen molar-refractivity contribution in [2.45, 2.75) is 25.3 Å². The van der Waals surface area contributed by atoms with Crippen molar-refractivity contribution < 1.29 is 9.53 Å². The third-order valence-electron chi connectivity index (χ3n) is 2.48. The molecule has 0 radical (unpaired) electrons. The first-order valence-corrected chi connectivity index (χ1v) is 4.23. The van der Waals surface area contributed by atoms with Crippen LogP contribution in [0.25, 0.3) is 0 Å². The van der Waals surface area contributed by atoms with Gasteiger partial charge in [0.2, 0.25) is 5.90 Å². The van der Waals surface area contributed by atoms with Gasteiger partial charge in [0.1, 0.15) is 0 Å². The smallest absolute Gasteiger partial charge is 0.338 e. The number of nitrogens with zero attached hydrogens (tertiary/aromatic N) is 1. The molecular weight excluding hydrogens is 154 g/mol. The third-order valence-corrected chi connectivity index (χ3v) is 2.48. The zero-order valence-electron chi connectivity index (χ0n) is 6.82. The topological polar surface area (TPSA) is 38.7 Å². The molecular formula is C9H11NO2. The minimum absolute atomic E-state index is 0.199. The quantitative estimate of drug-likeness (QED) is 0.578. The molecule has 12 heavy (non-hydrogen) atoms. The minimum atomic E-state index is -0.230. The maximum Gasteiger partial charge on any atom is 0.338 e. The van der Waals surface area contributed by atoms with Crippen molar-refractivity contribution >= 4 is 11.9 Å². The van der Waals surface area contributed by atoms with Crippen molar-refractivity contribution in [1.29, 1.82) is 0 Å². The van der Waals surface area contributed by atoms with E-state index in [1.54, 1.807) is 0 Å². The van der Waals surface area contributed by atoms with E-state index in [1.165, 1.54) is 12.5 Å². The lowest BCUT2D eigenvalue weighted by molar-refractivity contribution is -0.136. The second-order valence-electron chi connectivity index (χ2n) is 3.23. The molecule has 1 atom stereocenters. The fourth-order valence-electron chi connectivity index (χ4n) is 1.53. The highest BCUT2D eigenvalue weighted by atomic mass is 16.6. The number of esters is 1. The molecule has 0 N–H and O–H groups in total. The van der Waals surface area contributed by atoms with Gasteiger partial charge in [-0.3, -0.25) is 0 Å². The molecule has 0 amide bonds. The Morgan fingerprint density at radius 2 is 2.33 bits per heavy atom. The molecule has 1 aliphatic carbocycles. The summed E-state index contributed by atoms with van der Waals surface area (Å²) in [5.74, 6) is 0.612. The van der Waals surface area contributed by atoms with Crippen LogP contribution in [0.4, 0.5) is 0 Å². The van der Waals surface area contributed by atoms with E-state index < -0.39 is 0 Å². The molecule has 1 fully saturated rings. The second-order valence-corrected chi connectivity index (χ2v) is 3.23. The van der Waals surface area contributed by atoms with Crippen molar-refractivity contribution in [1.82, 2.24) is 0 Å². The Morgan fingerprint density at radius 3 is 2.75 bits per heavy atom. The van der Waals surface area contributed by atoms with E-state index in [4.69, 9.17) is 4.74 Å². The molecule has 0 saturated heterocycles. The van der Waals surface area contributed by atoms with Gasteiger partial charge in [-0.1, -0.05) is 13.0 Å². The summed E-state index contributed by atoms with van der Waals surface area (Å²) < 4.78 is 4.87. The van der Waals surface area contributed by atoms with Crippen molar-refractivity contribution in [2.75, 3.05) is 0 Å². The average Bonchev–Trinajstić information content (AvgIpc) is 2.29. The highest BCUT2D eigenvalue weighted by molar-refractivity contribution is 6.02. The molecule has 0 aromatic heterocycles. The van der Waals surface area contributed by atoms with Gasteiger partial charge >= 0.3 is 5.97 Å². The lowest BCUT2D eigenvalue weighted by Crippen LogP contribution is -2.30. The highest BCUT2D eigenvalue weighted by Crippen LogP contribution is 2.33. The molecule has 1 saturated carbocycles. The first-order valence-electron chi connectivity index (χ1n) is 4.23. The number of carbonyl (C=O) groups excluding carboxylic acids is 1. The summed E-state index contributed by atoms with van der Waals surface area (Å²) in [7, 11) is 0. The van der Waals surface area contributed by atoms with Crippen molar-refractivity contribution in [3.63, 3.8) is 0 Å². The van der Waals surface area contributed by atoms with E-state index in [1.807, 2.05) is 0 Å². The molecule has 0 bridgehead atoms. The maximum absolute atomic E-state index is 11.2. The van der Waals surface area contributed by atoms with Gasteiger partial charge in [-0.2, -0.15) is 0 Å². The molecule has 64 valence electrons. The monoisotopic (exact) mass is 165 g/mol. The number of cyclic esters (lactones) is 1. The summed E-state index contributed by atoms with van der Waals surface area (Å²) in [5.41, 5.74) is 0. The van der Waals surface area contributed by atoms with Crippen LogP contribution in [0.3, 0.4) is 0 Å². The SMILES string of the molecule is C=CC1=NC(C2CCC2)C(=O)O1. The van der Waals surface area contributed by atoms with Crippen LogP contribution in [0, 0.1) is 5.92 Å². The second kappa shape index (κ2) is 2.73. The molecule has 2 rings (SSSR count). The summed E-state index contributed by atoms with van der Waals surface area (Å²) in [6, 6.07) is -0.230. The van der Waals surface area contributed by atoms with Crippen LogP contribution in [-0.2, 0) is 9.53 Å². The van der Waals surface area contributed by atoms with Crippen molar-refractivity contribution in [3.05, 3.63) is 12.7 Å². The number of hydrogen-bond donors (Lipinski definition) is 0. The molecule has 0 aromatic carbocycles. The maximum atomic E-state index is 11.2. The van der Waals surface area contributed by atoms with E-state index in [0.29, 0.717) is 11.8 Å². The number of aliphatic imine (C=N–C) groups is 1. The van der Waals surface area contributed by atoms with Gasteiger partial charge in [0.05, 0.1) is 0 Å². The Kier molecular flexibility index (Phi) is 1.71. The fraction of sp³-hybridized carbons (Fsp3) is 0.556. The molecule has 2 aliphatic rings. The van der Waals surface area contributed by atoms with Crippen LogP contribution in [0.15, 0.2) is 17.6 Å². The Hall–Kier alpha value is -1.12. The molecule has 0 aromatic rings. The van der Waals surface area contributed by atoms with Gasteiger partial charge < -0.3 is 4.74 Å². The van der Waals surface area contributed by atoms with Crippen LogP contribution in [0.5, 0.6) is 0 Å². The van der Waals surface area contributed by atoms with E-state index >= 15 is 0 Å². The molecule has 3 heteroatoms. The molecule has 0 spiro atoms. The average molecular weight is 165 g/mol. The predicted octanol–water partition coefficient (Wildman–Crippen LogP) is 1.30. The van der Waals surface area contributed by atoms with Crippen LogP contribution in [0.2, 0.25) is 0 Å². The summed E-state index contributed by atoms with van der Waals surface area (Å²) in [6.45, 7) is 3.51. The van der Waals surface area contributed by atoms with Gasteiger partial charge in [0.25, 0.3) is 0 Å². The summed E-state index contributed by atoms with van der Waals surface area (Å²) >= 11 is 0. The highest BCUT2D eigenvalue weighted by Gasteiger charge is 2.37. The van der Waals surface area contributed by atoms with E-state index in [2.05, 4.69) is 11.6 Å².